The lowest BCUT2D eigenvalue weighted by atomic mass is 10.4. The van der Waals surface area contributed by atoms with Crippen LogP contribution < -0.4 is 0 Å². The highest BCUT2D eigenvalue weighted by Gasteiger charge is 2.08. The van der Waals surface area contributed by atoms with Crippen LogP contribution in [-0.4, -0.2) is 17.6 Å². The number of hydrogen-bond acceptors (Lipinski definition) is 3. The van der Waals surface area contributed by atoms with Crippen LogP contribution in [-0.2, 0) is 0 Å². The van der Waals surface area contributed by atoms with Crippen LogP contribution >= 0.6 is 11.8 Å². The lowest BCUT2D eigenvalue weighted by Crippen LogP contribution is -1.87. The highest BCUT2D eigenvalue weighted by atomic mass is 32.2. The van der Waals surface area contributed by atoms with E-state index < -0.39 is 0 Å². The average molecular weight is 152 g/mol. The Hall–Kier alpha value is -0.830. The number of rotatable bonds is 1. The van der Waals surface area contributed by atoms with E-state index in [1.165, 1.54) is 11.8 Å². The minimum atomic E-state index is 0.905. The molecule has 0 radical (unpaired) electrons. The maximum atomic E-state index is 4.07. The topological polar surface area (TPSA) is 24.7 Å². The molecule has 0 N–H and O–H groups in total. The lowest BCUT2D eigenvalue weighted by molar-refractivity contribution is 1.42. The summed E-state index contributed by atoms with van der Waals surface area (Å²) in [6.07, 6.45) is 3.56. The van der Waals surface area contributed by atoms with Gasteiger partial charge in [0.2, 0.25) is 0 Å². The second-order valence-electron chi connectivity index (χ2n) is 1.67. The van der Waals surface area contributed by atoms with Crippen molar-refractivity contribution in [3.05, 3.63) is 24.4 Å². The Kier molecular flexibility index (Phi) is 2.45. The maximum absolute atomic E-state index is 4.07. The summed E-state index contributed by atoms with van der Waals surface area (Å²) in [4.78, 5) is 8.10. The first kappa shape index (κ1) is 7.28. The molecule has 0 aromatic heterocycles. The molecule has 0 saturated carbocycles. The summed E-state index contributed by atoms with van der Waals surface area (Å²) in [6.45, 7) is 3.58. The highest BCUT2D eigenvalue weighted by Crippen LogP contribution is 2.18. The molecule has 3 heteroatoms. The zero-order valence-electron chi connectivity index (χ0n) is 5.74. The normalized spacial score (nSPS) is 24.5. The molecule has 52 valence electrons. The Morgan fingerprint density at radius 3 is 3.20 bits per heavy atom. The molecule has 1 aliphatic rings. The van der Waals surface area contributed by atoms with Crippen LogP contribution in [0.15, 0.2) is 34.4 Å². The van der Waals surface area contributed by atoms with Gasteiger partial charge < -0.3 is 0 Å². The van der Waals surface area contributed by atoms with E-state index in [-0.39, 0.29) is 0 Å². The van der Waals surface area contributed by atoms with Crippen LogP contribution in [0, 0.1) is 0 Å². The lowest BCUT2D eigenvalue weighted by Gasteiger charge is -1.90. The largest absolute Gasteiger partial charge is 0.279 e. The fourth-order valence-corrected chi connectivity index (χ4v) is 1.25. The molecular formula is C7H8N2S. The van der Waals surface area contributed by atoms with Gasteiger partial charge in [-0.05, 0) is 6.08 Å². The molecule has 0 aromatic rings. The van der Waals surface area contributed by atoms with Crippen molar-refractivity contribution in [1.29, 1.82) is 0 Å². The molecule has 1 aliphatic heterocycles. The van der Waals surface area contributed by atoms with Crippen molar-refractivity contribution >= 4 is 22.4 Å². The van der Waals surface area contributed by atoms with E-state index in [0.717, 1.165) is 10.7 Å². The smallest absolute Gasteiger partial charge is 0.122 e. The van der Waals surface area contributed by atoms with Crippen LogP contribution in [0.4, 0.5) is 0 Å². The predicted molar refractivity (Wildman–Crippen MR) is 47.7 cm³/mol. The molecule has 0 unspecified atom stereocenters. The van der Waals surface area contributed by atoms with Crippen LogP contribution in [0.1, 0.15) is 0 Å². The summed E-state index contributed by atoms with van der Waals surface area (Å²) >= 11 is 1.53. The van der Waals surface area contributed by atoms with E-state index in [1.807, 2.05) is 6.08 Å². The molecule has 0 atom stereocenters. The number of hydrogen-bond donors (Lipinski definition) is 0. The van der Waals surface area contributed by atoms with Gasteiger partial charge in [-0.3, -0.25) is 4.99 Å². The molecule has 0 aliphatic carbocycles. The molecule has 0 aromatic carbocycles. The summed E-state index contributed by atoms with van der Waals surface area (Å²) in [5.74, 6) is 0. The van der Waals surface area contributed by atoms with Gasteiger partial charge in [-0.15, -0.1) is 0 Å². The van der Waals surface area contributed by atoms with Gasteiger partial charge in [-0.25, -0.2) is 4.99 Å². The van der Waals surface area contributed by atoms with E-state index in [2.05, 4.69) is 16.6 Å². The standard InChI is InChI=1S/C7H8N2S/c1-3-4-6-7(8-2)10-5-9-6/h3-5H,1H2,2H3/b6-4+,8-7?. The maximum Gasteiger partial charge on any atom is 0.122 e. The third kappa shape index (κ3) is 1.36. The molecule has 10 heavy (non-hydrogen) atoms. The Labute approximate surface area is 64.5 Å². The first-order chi connectivity index (χ1) is 4.88. The van der Waals surface area contributed by atoms with Crippen LogP contribution in [0.5, 0.6) is 0 Å². The van der Waals surface area contributed by atoms with E-state index >= 15 is 0 Å². The van der Waals surface area contributed by atoms with Crippen molar-refractivity contribution in [3.8, 4) is 0 Å². The van der Waals surface area contributed by atoms with Crippen molar-refractivity contribution in [2.24, 2.45) is 9.98 Å². The average Bonchev–Trinajstić information content (AvgIpc) is 2.36. The Morgan fingerprint density at radius 2 is 2.60 bits per heavy atom. The molecule has 2 nitrogen and oxygen atoms in total. The van der Waals surface area contributed by atoms with Crippen molar-refractivity contribution in [3.63, 3.8) is 0 Å². The van der Waals surface area contributed by atoms with Crippen molar-refractivity contribution in [2.45, 2.75) is 0 Å². The summed E-state index contributed by atoms with van der Waals surface area (Å²) < 4.78 is 0. The van der Waals surface area contributed by atoms with Gasteiger partial charge in [-0.2, -0.15) is 0 Å². The SMILES string of the molecule is C=C/C=C1/N=CSC1=NC. The molecule has 0 spiro atoms. The first-order valence-electron chi connectivity index (χ1n) is 2.87. The van der Waals surface area contributed by atoms with Crippen LogP contribution in [0.25, 0.3) is 0 Å². The number of allylic oxidation sites excluding steroid dienone is 2. The Morgan fingerprint density at radius 1 is 1.80 bits per heavy atom. The monoisotopic (exact) mass is 152 g/mol. The van der Waals surface area contributed by atoms with Crippen LogP contribution in [0.2, 0.25) is 0 Å². The van der Waals surface area contributed by atoms with Gasteiger partial charge >= 0.3 is 0 Å². The zero-order chi connectivity index (χ0) is 7.40. The summed E-state index contributed by atoms with van der Waals surface area (Å²) in [5, 5.41) is 0.958. The van der Waals surface area contributed by atoms with E-state index in [4.69, 9.17) is 0 Å². The van der Waals surface area contributed by atoms with Gasteiger partial charge in [0.05, 0.1) is 11.2 Å². The summed E-state index contributed by atoms with van der Waals surface area (Å²) in [6, 6.07) is 0. The van der Waals surface area contributed by atoms with Gasteiger partial charge in [0.15, 0.2) is 0 Å². The van der Waals surface area contributed by atoms with E-state index in [9.17, 15) is 0 Å². The molecule has 0 amide bonds. The van der Waals surface area contributed by atoms with Crippen LogP contribution in [0.3, 0.4) is 0 Å². The summed E-state index contributed by atoms with van der Waals surface area (Å²) in [7, 11) is 1.76. The Balaban J connectivity index is 2.86. The van der Waals surface area contributed by atoms with Crippen molar-refractivity contribution < 1.29 is 0 Å². The number of thioether (sulfide) groups is 1. The third-order valence-electron chi connectivity index (χ3n) is 1.05. The van der Waals surface area contributed by atoms with Gasteiger partial charge in [-0.1, -0.05) is 24.4 Å². The first-order valence-corrected chi connectivity index (χ1v) is 3.75. The zero-order valence-corrected chi connectivity index (χ0v) is 6.56. The molecule has 0 bridgehead atoms. The molecule has 1 heterocycles. The van der Waals surface area contributed by atoms with Crippen molar-refractivity contribution in [1.82, 2.24) is 0 Å². The molecule has 0 fully saturated rings. The van der Waals surface area contributed by atoms with E-state index in [1.54, 1.807) is 18.7 Å². The fraction of sp³-hybridized carbons (Fsp3) is 0.143. The molecule has 0 saturated heterocycles. The second-order valence-corrected chi connectivity index (χ2v) is 2.50. The van der Waals surface area contributed by atoms with Gasteiger partial charge in [0, 0.05) is 7.05 Å². The second kappa shape index (κ2) is 3.37. The molecule has 1 rings (SSSR count). The minimum absolute atomic E-state index is 0.905. The van der Waals surface area contributed by atoms with E-state index in [0.29, 0.717) is 0 Å². The highest BCUT2D eigenvalue weighted by molar-refractivity contribution is 8.25. The molecular weight excluding hydrogens is 144 g/mol. The Bertz CT molecular complexity index is 226. The van der Waals surface area contributed by atoms with Gasteiger partial charge in [0.25, 0.3) is 0 Å². The summed E-state index contributed by atoms with van der Waals surface area (Å²) in [5.41, 5.74) is 2.68. The number of aliphatic imine (C=N–C) groups is 2. The third-order valence-corrected chi connectivity index (χ3v) is 1.88. The minimum Gasteiger partial charge on any atom is -0.279 e. The van der Waals surface area contributed by atoms with Crippen molar-refractivity contribution in [2.75, 3.05) is 7.05 Å². The number of nitrogens with zero attached hydrogens (tertiary/aromatic N) is 2. The fourth-order valence-electron chi connectivity index (χ4n) is 0.642. The quantitative estimate of drug-likeness (QED) is 0.563. The van der Waals surface area contributed by atoms with Gasteiger partial charge in [0.1, 0.15) is 5.04 Å². The predicted octanol–water partition coefficient (Wildman–Crippen LogP) is 1.86.